The molecule has 2 saturated carbocycles. The first kappa shape index (κ1) is 14.1. The van der Waals surface area contributed by atoms with Crippen LogP contribution in [-0.2, 0) is 5.41 Å². The van der Waals surface area contributed by atoms with Gasteiger partial charge < -0.3 is 5.32 Å². The maximum Gasteiger partial charge on any atom is 0.123 e. The van der Waals surface area contributed by atoms with Crippen LogP contribution in [0.5, 0.6) is 0 Å². The predicted molar refractivity (Wildman–Crippen MR) is 81.3 cm³/mol. The Morgan fingerprint density at radius 1 is 1.25 bits per heavy atom. The lowest BCUT2D eigenvalue weighted by Crippen LogP contribution is -2.52. The molecule has 1 aromatic carbocycles. The molecule has 2 aliphatic carbocycles. The monoisotopic (exact) mass is 275 g/mol. The lowest BCUT2D eigenvalue weighted by atomic mass is 9.52. The molecular formula is C18H26FN. The van der Waals surface area contributed by atoms with Crippen LogP contribution in [0.2, 0.25) is 0 Å². The zero-order valence-electron chi connectivity index (χ0n) is 12.9. The van der Waals surface area contributed by atoms with Crippen molar-refractivity contribution in [2.45, 2.75) is 57.9 Å². The van der Waals surface area contributed by atoms with Crippen LogP contribution in [0.1, 0.15) is 52.0 Å². The average Bonchev–Trinajstić information content (AvgIpc) is 3.09. The largest absolute Gasteiger partial charge is 0.313 e. The van der Waals surface area contributed by atoms with Crippen molar-refractivity contribution >= 4 is 0 Å². The third kappa shape index (κ3) is 2.76. The van der Waals surface area contributed by atoms with E-state index in [0.717, 1.165) is 12.5 Å². The maximum absolute atomic E-state index is 13.6. The van der Waals surface area contributed by atoms with Gasteiger partial charge in [-0.2, -0.15) is 0 Å². The van der Waals surface area contributed by atoms with Crippen molar-refractivity contribution in [3.05, 3.63) is 35.6 Å². The van der Waals surface area contributed by atoms with Crippen molar-refractivity contribution in [1.82, 2.24) is 5.32 Å². The van der Waals surface area contributed by atoms with Gasteiger partial charge in [0.25, 0.3) is 0 Å². The van der Waals surface area contributed by atoms with Crippen molar-refractivity contribution in [3.63, 3.8) is 0 Å². The van der Waals surface area contributed by atoms with E-state index in [1.807, 2.05) is 6.07 Å². The summed E-state index contributed by atoms with van der Waals surface area (Å²) < 4.78 is 13.6. The molecule has 3 rings (SSSR count). The molecule has 0 aromatic heterocycles. The van der Waals surface area contributed by atoms with E-state index in [9.17, 15) is 4.39 Å². The Balaban J connectivity index is 1.78. The smallest absolute Gasteiger partial charge is 0.123 e. The summed E-state index contributed by atoms with van der Waals surface area (Å²) in [5.41, 5.74) is 1.70. The van der Waals surface area contributed by atoms with Crippen LogP contribution in [0.3, 0.4) is 0 Å². The minimum Gasteiger partial charge on any atom is -0.313 e. The summed E-state index contributed by atoms with van der Waals surface area (Å²) in [6.07, 6.45) is 4.98. The van der Waals surface area contributed by atoms with Gasteiger partial charge >= 0.3 is 0 Å². The van der Waals surface area contributed by atoms with Crippen LogP contribution in [0.15, 0.2) is 24.3 Å². The fraction of sp³-hybridized carbons (Fsp3) is 0.667. The molecule has 0 atom stereocenters. The topological polar surface area (TPSA) is 12.0 Å². The molecule has 110 valence electrons. The minimum atomic E-state index is -0.104. The van der Waals surface area contributed by atoms with Crippen molar-refractivity contribution in [2.75, 3.05) is 6.54 Å². The van der Waals surface area contributed by atoms with Crippen LogP contribution in [0.4, 0.5) is 4.39 Å². The number of nitrogens with one attached hydrogen (secondary N) is 1. The van der Waals surface area contributed by atoms with Crippen molar-refractivity contribution in [2.24, 2.45) is 11.3 Å². The number of hydrogen-bond acceptors (Lipinski definition) is 1. The molecule has 0 amide bonds. The highest BCUT2D eigenvalue weighted by atomic mass is 19.1. The second kappa shape index (κ2) is 4.84. The summed E-state index contributed by atoms with van der Waals surface area (Å²) in [7, 11) is 0. The molecular weight excluding hydrogens is 249 g/mol. The Labute approximate surface area is 122 Å². The summed E-state index contributed by atoms with van der Waals surface area (Å²) in [6, 6.07) is 7.97. The molecule has 1 nitrogen and oxygen atoms in total. The average molecular weight is 275 g/mol. The van der Waals surface area contributed by atoms with Gasteiger partial charge in [0.2, 0.25) is 0 Å². The first-order valence-corrected chi connectivity index (χ1v) is 7.88. The lowest BCUT2D eigenvalue weighted by Gasteiger charge is -2.53. The Hall–Kier alpha value is -0.890. The van der Waals surface area contributed by atoms with Crippen molar-refractivity contribution < 1.29 is 4.39 Å². The van der Waals surface area contributed by atoms with E-state index in [-0.39, 0.29) is 11.2 Å². The number of halogens is 1. The predicted octanol–water partition coefficient (Wildman–Crippen LogP) is 4.27. The molecule has 2 aliphatic rings. The molecule has 0 unspecified atom stereocenters. The zero-order valence-corrected chi connectivity index (χ0v) is 12.9. The fourth-order valence-corrected chi connectivity index (χ4v) is 3.42. The normalized spacial score (nSPS) is 30.1. The van der Waals surface area contributed by atoms with Gasteiger partial charge in [0.15, 0.2) is 0 Å². The van der Waals surface area contributed by atoms with E-state index in [4.69, 9.17) is 0 Å². The zero-order chi connectivity index (χ0) is 14.4. The Kier molecular flexibility index (Phi) is 3.40. The van der Waals surface area contributed by atoms with Gasteiger partial charge in [0.05, 0.1) is 0 Å². The van der Waals surface area contributed by atoms with E-state index in [1.165, 1.54) is 31.2 Å². The second-order valence-electron chi connectivity index (χ2n) is 7.92. The Bertz CT molecular complexity index is 478. The summed E-state index contributed by atoms with van der Waals surface area (Å²) in [5.74, 6) is 0.638. The Morgan fingerprint density at radius 2 is 1.95 bits per heavy atom. The third-order valence-corrected chi connectivity index (χ3v) is 5.24. The number of hydrogen-bond donors (Lipinski definition) is 1. The highest BCUT2D eigenvalue weighted by Crippen LogP contribution is 2.54. The van der Waals surface area contributed by atoms with E-state index < -0.39 is 0 Å². The SMILES string of the molecule is CC(C)(C)C1CC(CNC2CC2)(c2cccc(F)c2)C1. The van der Waals surface area contributed by atoms with Gasteiger partial charge in [-0.15, -0.1) is 0 Å². The van der Waals surface area contributed by atoms with Crippen LogP contribution in [0, 0.1) is 17.2 Å². The van der Waals surface area contributed by atoms with Gasteiger partial charge in [0, 0.05) is 18.0 Å². The first-order valence-electron chi connectivity index (χ1n) is 7.88. The molecule has 0 spiro atoms. The van der Waals surface area contributed by atoms with Gasteiger partial charge in [-0.05, 0) is 54.7 Å². The van der Waals surface area contributed by atoms with E-state index >= 15 is 0 Å². The molecule has 2 heteroatoms. The van der Waals surface area contributed by atoms with Crippen LogP contribution in [0.25, 0.3) is 0 Å². The molecule has 0 heterocycles. The molecule has 0 radical (unpaired) electrons. The van der Waals surface area contributed by atoms with Gasteiger partial charge in [0.1, 0.15) is 5.82 Å². The lowest BCUT2D eigenvalue weighted by molar-refractivity contribution is 0.0445. The first-order chi connectivity index (χ1) is 9.39. The van der Waals surface area contributed by atoms with Gasteiger partial charge in [-0.3, -0.25) is 0 Å². The van der Waals surface area contributed by atoms with Gasteiger partial charge in [-0.1, -0.05) is 32.9 Å². The van der Waals surface area contributed by atoms with Crippen LogP contribution >= 0.6 is 0 Å². The van der Waals surface area contributed by atoms with E-state index in [0.29, 0.717) is 11.5 Å². The number of benzene rings is 1. The van der Waals surface area contributed by atoms with Crippen LogP contribution in [-0.4, -0.2) is 12.6 Å². The molecule has 1 N–H and O–H groups in total. The van der Waals surface area contributed by atoms with Gasteiger partial charge in [-0.25, -0.2) is 4.39 Å². The molecule has 0 aliphatic heterocycles. The quantitative estimate of drug-likeness (QED) is 0.865. The summed E-state index contributed by atoms with van der Waals surface area (Å²) >= 11 is 0. The van der Waals surface area contributed by atoms with E-state index in [2.05, 4.69) is 32.2 Å². The highest BCUT2D eigenvalue weighted by molar-refractivity contribution is 5.31. The summed E-state index contributed by atoms with van der Waals surface area (Å²) in [4.78, 5) is 0. The molecule has 2 fully saturated rings. The fourth-order valence-electron chi connectivity index (χ4n) is 3.42. The summed E-state index contributed by atoms with van der Waals surface area (Å²) in [5, 5.41) is 3.67. The second-order valence-corrected chi connectivity index (χ2v) is 7.92. The molecule has 0 saturated heterocycles. The molecule has 1 aromatic rings. The maximum atomic E-state index is 13.6. The van der Waals surface area contributed by atoms with E-state index in [1.54, 1.807) is 12.1 Å². The van der Waals surface area contributed by atoms with Crippen LogP contribution < -0.4 is 5.32 Å². The van der Waals surface area contributed by atoms with Crippen molar-refractivity contribution in [1.29, 1.82) is 0 Å². The minimum absolute atomic E-state index is 0.104. The Morgan fingerprint density at radius 3 is 2.50 bits per heavy atom. The third-order valence-electron chi connectivity index (χ3n) is 5.24. The molecule has 20 heavy (non-hydrogen) atoms. The summed E-state index contributed by atoms with van der Waals surface area (Å²) in [6.45, 7) is 7.97. The number of rotatable bonds is 4. The standard InChI is InChI=1S/C18H26FN/c1-17(2,3)14-10-18(11-14,12-20-16-7-8-16)13-5-4-6-15(19)9-13/h4-6,9,14,16,20H,7-8,10-12H2,1-3H3. The van der Waals surface area contributed by atoms with Crippen molar-refractivity contribution in [3.8, 4) is 0 Å². The highest BCUT2D eigenvalue weighted by Gasteiger charge is 2.49. The molecule has 0 bridgehead atoms.